The minimum atomic E-state index is -0.129. The van der Waals surface area contributed by atoms with E-state index in [1.165, 1.54) is 0 Å². The van der Waals surface area contributed by atoms with Crippen molar-refractivity contribution in [1.29, 1.82) is 0 Å². The maximum absolute atomic E-state index is 12.1. The van der Waals surface area contributed by atoms with Crippen LogP contribution < -0.4 is 5.32 Å². The zero-order chi connectivity index (χ0) is 15.1. The monoisotopic (exact) mass is 342 g/mol. The number of aliphatic hydroxyl groups excluding tert-OH is 1. The Kier molecular flexibility index (Phi) is 7.16. The molecule has 4 nitrogen and oxygen atoms in total. The van der Waals surface area contributed by atoms with E-state index in [0.29, 0.717) is 35.0 Å². The number of nitrogens with one attached hydrogen (secondary N) is 1. The van der Waals surface area contributed by atoms with Gasteiger partial charge in [-0.2, -0.15) is 0 Å². The highest BCUT2D eigenvalue weighted by molar-refractivity contribution is 9.10. The smallest absolute Gasteiger partial charge is 0.254 e. The number of rotatable bonds is 7. The molecule has 0 aliphatic carbocycles. The van der Waals surface area contributed by atoms with E-state index in [0.717, 1.165) is 12.1 Å². The van der Waals surface area contributed by atoms with Gasteiger partial charge in [0.25, 0.3) is 5.91 Å². The SMILES string of the molecule is Cc1ccc(C(=O)NCC(CCO)CC(C)C)c(Br)n1. The maximum Gasteiger partial charge on any atom is 0.254 e. The molecule has 0 saturated heterocycles. The minimum Gasteiger partial charge on any atom is -0.396 e. The number of nitrogens with zero attached hydrogens (tertiary/aromatic N) is 1. The first kappa shape index (κ1) is 17.1. The molecule has 0 aromatic carbocycles. The van der Waals surface area contributed by atoms with E-state index in [9.17, 15) is 4.79 Å². The van der Waals surface area contributed by atoms with Crippen molar-refractivity contribution in [2.75, 3.05) is 13.2 Å². The normalized spacial score (nSPS) is 12.5. The number of amides is 1. The summed E-state index contributed by atoms with van der Waals surface area (Å²) >= 11 is 3.31. The summed E-state index contributed by atoms with van der Waals surface area (Å²) in [6, 6.07) is 3.59. The molecule has 0 spiro atoms. The molecule has 1 aromatic rings. The number of aliphatic hydroxyl groups is 1. The lowest BCUT2D eigenvalue weighted by molar-refractivity contribution is 0.0940. The summed E-state index contributed by atoms with van der Waals surface area (Å²) in [5.41, 5.74) is 1.41. The Morgan fingerprint density at radius 2 is 2.15 bits per heavy atom. The van der Waals surface area contributed by atoms with Gasteiger partial charge in [0.2, 0.25) is 0 Å². The van der Waals surface area contributed by atoms with Gasteiger partial charge >= 0.3 is 0 Å². The standard InChI is InChI=1S/C15H23BrN2O2/c1-10(2)8-12(6-7-19)9-17-15(20)13-5-4-11(3)18-14(13)16/h4-5,10,12,19H,6-9H2,1-3H3,(H,17,20). The molecule has 1 rings (SSSR count). The number of aromatic nitrogens is 1. The predicted octanol–water partition coefficient (Wildman–Crippen LogP) is 2.93. The molecular formula is C15H23BrN2O2. The van der Waals surface area contributed by atoms with Gasteiger partial charge in [-0.3, -0.25) is 4.79 Å². The summed E-state index contributed by atoms with van der Waals surface area (Å²) in [5.74, 6) is 0.730. The van der Waals surface area contributed by atoms with Gasteiger partial charge in [-0.25, -0.2) is 4.98 Å². The van der Waals surface area contributed by atoms with Crippen LogP contribution in [0.5, 0.6) is 0 Å². The maximum atomic E-state index is 12.1. The number of carbonyl (C=O) groups excluding carboxylic acids is 1. The number of halogens is 1. The van der Waals surface area contributed by atoms with Crippen molar-refractivity contribution in [1.82, 2.24) is 10.3 Å². The van der Waals surface area contributed by atoms with Crippen molar-refractivity contribution in [3.05, 3.63) is 28.0 Å². The van der Waals surface area contributed by atoms with Crippen molar-refractivity contribution in [2.24, 2.45) is 11.8 Å². The zero-order valence-electron chi connectivity index (χ0n) is 12.3. The Morgan fingerprint density at radius 3 is 2.70 bits per heavy atom. The van der Waals surface area contributed by atoms with Crippen LogP contribution >= 0.6 is 15.9 Å². The third kappa shape index (κ3) is 5.59. The van der Waals surface area contributed by atoms with E-state index in [-0.39, 0.29) is 12.5 Å². The van der Waals surface area contributed by atoms with Crippen molar-refractivity contribution < 1.29 is 9.90 Å². The van der Waals surface area contributed by atoms with Crippen LogP contribution in [0.15, 0.2) is 16.7 Å². The van der Waals surface area contributed by atoms with Gasteiger partial charge in [-0.15, -0.1) is 0 Å². The number of aryl methyl sites for hydroxylation is 1. The van der Waals surface area contributed by atoms with Crippen LogP contribution in [-0.2, 0) is 0 Å². The number of pyridine rings is 1. The Balaban J connectivity index is 2.60. The molecule has 1 atom stereocenters. The fraction of sp³-hybridized carbons (Fsp3) is 0.600. The van der Waals surface area contributed by atoms with Gasteiger partial charge < -0.3 is 10.4 Å². The predicted molar refractivity (Wildman–Crippen MR) is 83.7 cm³/mol. The molecule has 1 amide bonds. The molecule has 1 heterocycles. The Morgan fingerprint density at radius 1 is 1.45 bits per heavy atom. The van der Waals surface area contributed by atoms with Gasteiger partial charge in [-0.1, -0.05) is 13.8 Å². The summed E-state index contributed by atoms with van der Waals surface area (Å²) in [5, 5.41) is 12.0. The Bertz CT molecular complexity index is 449. The number of carbonyl (C=O) groups is 1. The first-order valence-electron chi connectivity index (χ1n) is 6.96. The lowest BCUT2D eigenvalue weighted by atomic mass is 9.94. The van der Waals surface area contributed by atoms with E-state index < -0.39 is 0 Å². The summed E-state index contributed by atoms with van der Waals surface area (Å²) in [6.45, 7) is 6.91. The quantitative estimate of drug-likeness (QED) is 0.749. The van der Waals surface area contributed by atoms with Gasteiger partial charge in [0.1, 0.15) is 4.60 Å². The van der Waals surface area contributed by atoms with Crippen molar-refractivity contribution in [3.63, 3.8) is 0 Å². The van der Waals surface area contributed by atoms with Gasteiger partial charge in [0, 0.05) is 18.8 Å². The first-order chi connectivity index (χ1) is 9.43. The van der Waals surface area contributed by atoms with E-state index in [1.54, 1.807) is 6.07 Å². The van der Waals surface area contributed by atoms with Crippen LogP contribution in [-0.4, -0.2) is 29.1 Å². The average molecular weight is 343 g/mol. The highest BCUT2D eigenvalue weighted by atomic mass is 79.9. The highest BCUT2D eigenvalue weighted by Crippen LogP contribution is 2.16. The number of hydrogen-bond donors (Lipinski definition) is 2. The third-order valence-electron chi connectivity index (χ3n) is 3.13. The van der Waals surface area contributed by atoms with E-state index >= 15 is 0 Å². The molecule has 0 fully saturated rings. The third-order valence-corrected chi connectivity index (χ3v) is 3.73. The van der Waals surface area contributed by atoms with Crippen LogP contribution in [0.1, 0.15) is 42.7 Å². The topological polar surface area (TPSA) is 62.2 Å². The number of hydrogen-bond acceptors (Lipinski definition) is 3. The van der Waals surface area contributed by atoms with Crippen LogP contribution in [0.2, 0.25) is 0 Å². The molecule has 0 aliphatic rings. The molecule has 5 heteroatoms. The molecule has 0 aliphatic heterocycles. The molecule has 2 N–H and O–H groups in total. The van der Waals surface area contributed by atoms with E-state index in [1.807, 2.05) is 13.0 Å². The van der Waals surface area contributed by atoms with Crippen molar-refractivity contribution >= 4 is 21.8 Å². The van der Waals surface area contributed by atoms with E-state index in [4.69, 9.17) is 5.11 Å². The Labute approximate surface area is 129 Å². The van der Waals surface area contributed by atoms with Crippen molar-refractivity contribution in [2.45, 2.75) is 33.6 Å². The second-order valence-electron chi connectivity index (χ2n) is 5.51. The van der Waals surface area contributed by atoms with E-state index in [2.05, 4.69) is 40.1 Å². The first-order valence-corrected chi connectivity index (χ1v) is 7.75. The summed E-state index contributed by atoms with van der Waals surface area (Å²) in [4.78, 5) is 16.3. The second-order valence-corrected chi connectivity index (χ2v) is 6.26. The van der Waals surface area contributed by atoms with Crippen LogP contribution in [0.3, 0.4) is 0 Å². The summed E-state index contributed by atoms with van der Waals surface area (Å²) < 4.78 is 0.567. The molecule has 112 valence electrons. The van der Waals surface area contributed by atoms with Crippen LogP contribution in [0.25, 0.3) is 0 Å². The van der Waals surface area contributed by atoms with Gasteiger partial charge in [0.05, 0.1) is 5.56 Å². The fourth-order valence-corrected chi connectivity index (χ4v) is 2.77. The second kappa shape index (κ2) is 8.37. The lowest BCUT2D eigenvalue weighted by Crippen LogP contribution is -2.30. The van der Waals surface area contributed by atoms with Crippen LogP contribution in [0.4, 0.5) is 0 Å². The van der Waals surface area contributed by atoms with Gasteiger partial charge in [-0.05, 0) is 59.7 Å². The molecule has 1 aromatic heterocycles. The molecular weight excluding hydrogens is 320 g/mol. The minimum absolute atomic E-state index is 0.129. The highest BCUT2D eigenvalue weighted by Gasteiger charge is 2.15. The molecule has 0 bridgehead atoms. The van der Waals surface area contributed by atoms with Crippen molar-refractivity contribution in [3.8, 4) is 0 Å². The molecule has 1 unspecified atom stereocenters. The average Bonchev–Trinajstić information content (AvgIpc) is 2.35. The molecule has 0 radical (unpaired) electrons. The summed E-state index contributed by atoms with van der Waals surface area (Å²) in [7, 11) is 0. The fourth-order valence-electron chi connectivity index (χ4n) is 2.18. The van der Waals surface area contributed by atoms with Gasteiger partial charge in [0.15, 0.2) is 0 Å². The zero-order valence-corrected chi connectivity index (χ0v) is 13.9. The molecule has 0 saturated carbocycles. The largest absolute Gasteiger partial charge is 0.396 e. The Hall–Kier alpha value is -0.940. The molecule has 20 heavy (non-hydrogen) atoms. The summed E-state index contributed by atoms with van der Waals surface area (Å²) in [6.07, 6.45) is 1.71. The lowest BCUT2D eigenvalue weighted by Gasteiger charge is -2.18. The van der Waals surface area contributed by atoms with Crippen LogP contribution in [0, 0.1) is 18.8 Å².